The van der Waals surface area contributed by atoms with E-state index in [1.54, 1.807) is 10.8 Å². The Morgan fingerprint density at radius 1 is 0.866 bits per heavy atom. The van der Waals surface area contributed by atoms with Gasteiger partial charge in [-0.1, -0.05) is 6.92 Å². The molecule has 21 N–H and O–H groups in total. The number of amides is 7. The fraction of sp³-hybridized carbons (Fsp3) is 0.583. The fourth-order valence-corrected chi connectivity index (χ4v) is 10.4. The highest BCUT2D eigenvalue weighted by Gasteiger charge is 2.47. The maximum absolute atomic E-state index is 14.7. The molecule has 452 valence electrons. The Bertz CT molecular complexity index is 2810. The van der Waals surface area contributed by atoms with Crippen molar-refractivity contribution in [2.75, 3.05) is 50.2 Å². The minimum atomic E-state index is -2.03. The summed E-state index contributed by atoms with van der Waals surface area (Å²) >= 11 is 2.57. The molecule has 1 aliphatic heterocycles. The Kier molecular flexibility index (Phi) is 24.9. The zero-order valence-electron chi connectivity index (χ0n) is 45.7. The summed E-state index contributed by atoms with van der Waals surface area (Å²) in [6, 6.07) is -7.33. The number of imidazole rings is 1. The molecule has 5 heterocycles. The van der Waals surface area contributed by atoms with Gasteiger partial charge in [-0.25, -0.2) is 24.9 Å². The number of anilines is 1. The zero-order valence-corrected chi connectivity index (χ0v) is 48.1. The van der Waals surface area contributed by atoms with Crippen molar-refractivity contribution < 1.29 is 73.7 Å². The van der Waals surface area contributed by atoms with Gasteiger partial charge in [0.15, 0.2) is 6.29 Å². The van der Waals surface area contributed by atoms with Crippen molar-refractivity contribution in [3.05, 3.63) is 56.8 Å². The molecular formula is C48H73N16O15S3+. The summed E-state index contributed by atoms with van der Waals surface area (Å²) in [7, 11) is 0.275. The lowest BCUT2D eigenvalue weighted by molar-refractivity contribution is -0.313. The first-order chi connectivity index (χ1) is 38.7. The molecule has 31 nitrogen and oxygen atoms in total. The number of hydrogen-bond acceptors (Lipinski definition) is 25. The van der Waals surface area contributed by atoms with Gasteiger partial charge in [-0.05, 0) is 31.7 Å². The van der Waals surface area contributed by atoms with E-state index in [0.29, 0.717) is 22.3 Å². The van der Waals surface area contributed by atoms with Gasteiger partial charge in [-0.2, -0.15) is 0 Å². The topological polar surface area (TPSA) is 516 Å². The van der Waals surface area contributed by atoms with Crippen molar-refractivity contribution in [2.24, 2.45) is 23.1 Å². The SMILES string of the molecule is Cc1c(N)nc([C@H](CC(N)=O)NC[C@H](N)C(N)=O)nc1C(=O)N[C@H](C(=O)N[C@H](C)[C@@H](O)[C@H](C)C(=O)N[C@H](C(=O)NCCc1nc(-c2nc(C(=O)NCCC[S+](C)C)cs2)cs1)[C@@H](C)O)[C@@H](O[C@H]1O[C@H](CO)[C@@H](O)[C@H](O)[C@@H]1O)c1cnc[nH]1. The molecule has 0 spiro atoms. The first-order valence-electron chi connectivity index (χ1n) is 25.7. The molecule has 0 aliphatic carbocycles. The molecule has 4 aromatic rings. The van der Waals surface area contributed by atoms with Crippen LogP contribution in [0.25, 0.3) is 10.7 Å². The molecule has 0 saturated carbocycles. The lowest BCUT2D eigenvalue weighted by Gasteiger charge is -2.41. The second-order valence-electron chi connectivity index (χ2n) is 19.6. The molecule has 1 fully saturated rings. The zero-order chi connectivity index (χ0) is 60.7. The number of nitrogens with one attached hydrogen (secondary N) is 7. The van der Waals surface area contributed by atoms with Crippen LogP contribution < -0.4 is 54.8 Å². The van der Waals surface area contributed by atoms with Crippen LogP contribution in [0, 0.1) is 12.8 Å². The Balaban J connectivity index is 1.32. The molecule has 82 heavy (non-hydrogen) atoms. The Hall–Kier alpha value is -6.41. The lowest BCUT2D eigenvalue weighted by Crippen LogP contribution is -2.61. The summed E-state index contributed by atoms with van der Waals surface area (Å²) in [5, 5.41) is 84.7. The number of aliphatic hydroxyl groups excluding tert-OH is 6. The minimum absolute atomic E-state index is 0.0396. The average molecular weight is 1210 g/mol. The van der Waals surface area contributed by atoms with Crippen molar-refractivity contribution in [3.63, 3.8) is 0 Å². The summed E-state index contributed by atoms with van der Waals surface area (Å²) < 4.78 is 11.7. The van der Waals surface area contributed by atoms with Gasteiger partial charge in [0.05, 0.1) is 78.6 Å². The van der Waals surface area contributed by atoms with Crippen LogP contribution in [0.15, 0.2) is 23.3 Å². The van der Waals surface area contributed by atoms with Gasteiger partial charge < -0.3 is 99.9 Å². The maximum Gasteiger partial charge on any atom is 0.271 e. The molecule has 1 aliphatic rings. The van der Waals surface area contributed by atoms with Crippen LogP contribution in [0.2, 0.25) is 0 Å². The van der Waals surface area contributed by atoms with Crippen molar-refractivity contribution in [2.45, 2.75) is 126 Å². The number of nitrogens with two attached hydrogens (primary N) is 4. The third kappa shape index (κ3) is 18.0. The number of aromatic nitrogens is 6. The number of aromatic amines is 1. The maximum atomic E-state index is 14.7. The number of rotatable bonds is 31. The summed E-state index contributed by atoms with van der Waals surface area (Å²) in [5.74, 6) is -6.99. The highest BCUT2D eigenvalue weighted by molar-refractivity contribution is 7.95. The molecule has 0 aromatic carbocycles. The van der Waals surface area contributed by atoms with E-state index < -0.39 is 139 Å². The van der Waals surface area contributed by atoms with Gasteiger partial charge in [-0.15, -0.1) is 22.7 Å². The van der Waals surface area contributed by atoms with Crippen LogP contribution in [0.3, 0.4) is 0 Å². The van der Waals surface area contributed by atoms with E-state index in [4.69, 9.17) is 32.4 Å². The van der Waals surface area contributed by atoms with Gasteiger partial charge in [0, 0.05) is 55.2 Å². The summed E-state index contributed by atoms with van der Waals surface area (Å²) in [6.45, 7) is 4.62. The molecule has 14 atom stereocenters. The molecule has 34 heteroatoms. The quantitative estimate of drug-likeness (QED) is 0.0165. The van der Waals surface area contributed by atoms with E-state index >= 15 is 0 Å². The van der Waals surface area contributed by atoms with Crippen LogP contribution in [0.4, 0.5) is 5.82 Å². The van der Waals surface area contributed by atoms with E-state index in [1.165, 1.54) is 50.4 Å². The van der Waals surface area contributed by atoms with Crippen LogP contribution >= 0.6 is 22.7 Å². The van der Waals surface area contributed by atoms with Gasteiger partial charge in [0.1, 0.15) is 82.1 Å². The normalized spacial score (nSPS) is 20.5. The molecular weight excluding hydrogens is 1140 g/mol. The van der Waals surface area contributed by atoms with Crippen LogP contribution in [-0.4, -0.2) is 213 Å². The standard InChI is InChI=1S/C48H72N16O15S3/c1-19-31(61-41(64-39(19)51)24(12-29(50)67)56-13-23(49)40(52)72)45(76)63-33(38(25-14-53-18-57-25)79-48-37(71)36(70)35(69)28(15-65)78-48)46(77)58-21(3)34(68)20(2)42(73)62-32(22(4)66)44(75)55-10-8-30-59-27(17-80-30)47-60-26(16-81-47)43(74)54-9-7-11-82(5)6/h14,16-18,20-24,28,32-38,48,56,65-66,68-71H,7-13,15,49H2,1-6H3,(H11-,50,51,52,53,54,55,57,58,61,62,63,64,67,72,73,74,75,76,77)/p+1/t20-,21+,22+,23-,24-,28+,32-,33-,34-,35+,36-,37-,38-,48+/m0/s1. The molecule has 5 rings (SSSR count). The number of thiazole rings is 2. The van der Waals surface area contributed by atoms with Gasteiger partial charge in [-0.3, -0.25) is 33.6 Å². The van der Waals surface area contributed by atoms with E-state index in [-0.39, 0.29) is 64.9 Å². The summed E-state index contributed by atoms with van der Waals surface area (Å²) in [4.78, 5) is 117. The van der Waals surface area contributed by atoms with Crippen molar-refractivity contribution in [1.29, 1.82) is 0 Å². The number of nitrogen functional groups attached to an aromatic ring is 1. The number of primary amides is 2. The van der Waals surface area contributed by atoms with Crippen molar-refractivity contribution >= 4 is 80.7 Å². The Morgan fingerprint density at radius 2 is 1.59 bits per heavy atom. The van der Waals surface area contributed by atoms with Crippen molar-refractivity contribution in [1.82, 2.24) is 61.8 Å². The molecule has 7 amide bonds. The van der Waals surface area contributed by atoms with E-state index in [0.717, 1.165) is 24.7 Å². The number of carbonyl (C=O) groups excluding carboxylic acids is 7. The Labute approximate surface area is 481 Å². The number of carbonyl (C=O) groups is 7. The van der Waals surface area contributed by atoms with E-state index in [2.05, 4.69) is 74.3 Å². The molecule has 0 bridgehead atoms. The van der Waals surface area contributed by atoms with Gasteiger partial charge in [0.25, 0.3) is 11.8 Å². The van der Waals surface area contributed by atoms with E-state index in [9.17, 15) is 64.2 Å². The van der Waals surface area contributed by atoms with Gasteiger partial charge >= 0.3 is 0 Å². The molecule has 0 radical (unpaired) electrons. The second kappa shape index (κ2) is 30.8. The second-order valence-corrected chi connectivity index (χ2v) is 23.8. The number of hydrogen-bond donors (Lipinski definition) is 17. The predicted molar refractivity (Wildman–Crippen MR) is 298 cm³/mol. The lowest BCUT2D eigenvalue weighted by atomic mass is 9.96. The highest BCUT2D eigenvalue weighted by atomic mass is 32.2. The number of nitrogens with zero attached hydrogens (tertiary/aromatic N) is 5. The van der Waals surface area contributed by atoms with E-state index in [1.807, 2.05) is 0 Å². The fourth-order valence-electron chi connectivity index (χ4n) is 8.07. The molecule has 4 aromatic heterocycles. The third-order valence-electron chi connectivity index (χ3n) is 12.9. The monoisotopic (exact) mass is 1210 g/mol. The van der Waals surface area contributed by atoms with Crippen LogP contribution in [0.1, 0.15) is 88.8 Å². The highest BCUT2D eigenvalue weighted by Crippen LogP contribution is 2.31. The smallest absolute Gasteiger partial charge is 0.271 e. The number of H-pyrrole nitrogens is 1. The minimum Gasteiger partial charge on any atom is -0.394 e. The molecule has 1 saturated heterocycles. The average Bonchev–Trinajstić information content (AvgIpc) is 4.32. The Morgan fingerprint density at radius 3 is 2.22 bits per heavy atom. The number of aliphatic hydroxyl groups is 6. The van der Waals surface area contributed by atoms with Crippen LogP contribution in [-0.2, 0) is 50.8 Å². The van der Waals surface area contributed by atoms with Crippen LogP contribution in [0.5, 0.6) is 0 Å². The predicted octanol–water partition coefficient (Wildman–Crippen LogP) is -5.63. The molecule has 0 unspecified atom stereocenters. The van der Waals surface area contributed by atoms with Gasteiger partial charge in [0.2, 0.25) is 29.5 Å². The third-order valence-corrected chi connectivity index (χ3v) is 15.8. The summed E-state index contributed by atoms with van der Waals surface area (Å²) in [5.41, 5.74) is 23.0. The number of ether oxygens (including phenoxy) is 2. The first kappa shape index (κ1) is 66.4. The van der Waals surface area contributed by atoms with Crippen molar-refractivity contribution in [3.8, 4) is 10.7 Å². The summed E-state index contributed by atoms with van der Waals surface area (Å²) in [6.07, 6.45) is -6.98. The first-order valence-corrected chi connectivity index (χ1v) is 29.6. The largest absolute Gasteiger partial charge is 0.394 e.